The van der Waals surface area contributed by atoms with Crippen LogP contribution in [0.4, 0.5) is 0 Å². The second-order valence-corrected chi connectivity index (χ2v) is 6.78. The van der Waals surface area contributed by atoms with Gasteiger partial charge < -0.3 is 4.74 Å². The van der Waals surface area contributed by atoms with E-state index in [2.05, 4.69) is 0 Å². The number of ether oxygens (including phenoxy) is 1. The van der Waals surface area contributed by atoms with Crippen LogP contribution < -0.4 is 0 Å². The first kappa shape index (κ1) is 17.4. The highest BCUT2D eigenvalue weighted by molar-refractivity contribution is 6.09. The van der Waals surface area contributed by atoms with Gasteiger partial charge in [-0.15, -0.1) is 0 Å². The van der Waals surface area contributed by atoms with E-state index in [1.807, 2.05) is 27.7 Å². The zero-order valence-electron chi connectivity index (χ0n) is 14.3. The van der Waals surface area contributed by atoms with Gasteiger partial charge in [-0.2, -0.15) is 0 Å². The number of nitrogens with zero attached hydrogens (tertiary/aromatic N) is 1. The summed E-state index contributed by atoms with van der Waals surface area (Å²) in [6.07, 6.45) is 4.86. The molecule has 2 rings (SSSR count). The van der Waals surface area contributed by atoms with Crippen LogP contribution in [-0.2, 0) is 19.1 Å². The number of carbonyl (C=O) groups excluding carboxylic acids is 3. The SMILES string of the molecule is CC(C)=CC(C(=O)N1C(=O)CC1OC(=O)C1CCCC1)=C(C)C. The van der Waals surface area contributed by atoms with Crippen molar-refractivity contribution in [1.29, 1.82) is 0 Å². The van der Waals surface area contributed by atoms with Crippen LogP contribution in [0.5, 0.6) is 0 Å². The Morgan fingerprint density at radius 3 is 2.22 bits per heavy atom. The van der Waals surface area contributed by atoms with Crippen LogP contribution in [0, 0.1) is 5.92 Å². The van der Waals surface area contributed by atoms with Gasteiger partial charge in [0, 0.05) is 5.57 Å². The molecule has 1 saturated carbocycles. The average Bonchev–Trinajstić information content (AvgIpc) is 2.97. The maximum atomic E-state index is 12.6. The third-order valence-corrected chi connectivity index (χ3v) is 4.27. The Balaban J connectivity index is 2.09. The molecule has 5 heteroatoms. The lowest BCUT2D eigenvalue weighted by Gasteiger charge is -2.38. The smallest absolute Gasteiger partial charge is 0.310 e. The third kappa shape index (κ3) is 3.89. The zero-order chi connectivity index (χ0) is 17.1. The molecule has 0 aromatic heterocycles. The number of imide groups is 1. The Morgan fingerprint density at radius 1 is 1.13 bits per heavy atom. The predicted octanol–water partition coefficient (Wildman–Crippen LogP) is 3.11. The minimum absolute atomic E-state index is 0.0802. The van der Waals surface area contributed by atoms with E-state index in [9.17, 15) is 14.4 Å². The van der Waals surface area contributed by atoms with Gasteiger partial charge in [-0.05, 0) is 40.5 Å². The lowest BCUT2D eigenvalue weighted by atomic mass is 10.0. The largest absolute Gasteiger partial charge is 0.440 e. The molecule has 1 saturated heterocycles. The summed E-state index contributed by atoms with van der Waals surface area (Å²) >= 11 is 0. The van der Waals surface area contributed by atoms with E-state index < -0.39 is 6.23 Å². The minimum atomic E-state index is -0.747. The summed E-state index contributed by atoms with van der Waals surface area (Å²) in [5.41, 5.74) is 2.29. The van der Waals surface area contributed by atoms with Crippen molar-refractivity contribution in [2.45, 2.75) is 66.0 Å². The number of likely N-dealkylation sites (tertiary alicyclic amines) is 1. The molecule has 0 aromatic rings. The summed E-state index contributed by atoms with van der Waals surface area (Å²) in [6.45, 7) is 7.45. The molecule has 0 radical (unpaired) electrons. The van der Waals surface area contributed by atoms with Crippen LogP contribution in [-0.4, -0.2) is 28.9 Å². The van der Waals surface area contributed by atoms with Crippen LogP contribution in [0.3, 0.4) is 0 Å². The molecule has 1 unspecified atom stereocenters. The lowest BCUT2D eigenvalue weighted by Crippen LogP contribution is -2.58. The second-order valence-electron chi connectivity index (χ2n) is 6.78. The Hall–Kier alpha value is -1.91. The number of carbonyl (C=O) groups is 3. The van der Waals surface area contributed by atoms with E-state index in [0.29, 0.717) is 5.57 Å². The summed E-state index contributed by atoms with van der Waals surface area (Å²) in [6, 6.07) is 0. The van der Waals surface area contributed by atoms with Gasteiger partial charge in [-0.1, -0.05) is 30.1 Å². The summed E-state index contributed by atoms with van der Waals surface area (Å²) in [5, 5.41) is 0. The highest BCUT2D eigenvalue weighted by atomic mass is 16.6. The monoisotopic (exact) mass is 319 g/mol. The van der Waals surface area contributed by atoms with Crippen molar-refractivity contribution in [3.8, 4) is 0 Å². The number of esters is 1. The lowest BCUT2D eigenvalue weighted by molar-refractivity contribution is -0.188. The number of hydrogen-bond acceptors (Lipinski definition) is 4. The van der Waals surface area contributed by atoms with Crippen molar-refractivity contribution >= 4 is 17.8 Å². The highest BCUT2D eigenvalue weighted by Gasteiger charge is 2.45. The van der Waals surface area contributed by atoms with Crippen LogP contribution in [0.15, 0.2) is 22.8 Å². The van der Waals surface area contributed by atoms with E-state index in [4.69, 9.17) is 4.74 Å². The Morgan fingerprint density at radius 2 is 1.74 bits per heavy atom. The summed E-state index contributed by atoms with van der Waals surface area (Å²) in [7, 11) is 0. The molecule has 1 heterocycles. The van der Waals surface area contributed by atoms with E-state index >= 15 is 0 Å². The number of hydrogen-bond donors (Lipinski definition) is 0. The van der Waals surface area contributed by atoms with Crippen molar-refractivity contribution < 1.29 is 19.1 Å². The van der Waals surface area contributed by atoms with Crippen molar-refractivity contribution in [2.75, 3.05) is 0 Å². The van der Waals surface area contributed by atoms with Crippen LogP contribution >= 0.6 is 0 Å². The van der Waals surface area contributed by atoms with E-state index in [1.165, 1.54) is 0 Å². The van der Waals surface area contributed by atoms with Crippen LogP contribution in [0.1, 0.15) is 59.8 Å². The fourth-order valence-corrected chi connectivity index (χ4v) is 2.96. The molecule has 2 aliphatic rings. The van der Waals surface area contributed by atoms with Gasteiger partial charge in [0.15, 0.2) is 6.23 Å². The Bertz CT molecular complexity index is 574. The van der Waals surface area contributed by atoms with Crippen LogP contribution in [0.25, 0.3) is 0 Å². The van der Waals surface area contributed by atoms with Gasteiger partial charge >= 0.3 is 5.97 Å². The van der Waals surface area contributed by atoms with Gasteiger partial charge in [0.2, 0.25) is 5.91 Å². The summed E-state index contributed by atoms with van der Waals surface area (Å²) in [4.78, 5) is 37.7. The zero-order valence-corrected chi connectivity index (χ0v) is 14.3. The molecule has 0 bridgehead atoms. The summed E-state index contributed by atoms with van der Waals surface area (Å²) < 4.78 is 5.41. The Kier molecular flexibility index (Phi) is 5.39. The number of allylic oxidation sites excluding steroid dienone is 2. The molecule has 2 amide bonds. The standard InChI is InChI=1S/C18H25NO4/c1-11(2)9-14(12(3)4)17(21)19-15(20)10-16(19)23-18(22)13-7-5-6-8-13/h9,13,16H,5-8,10H2,1-4H3. The van der Waals surface area contributed by atoms with Gasteiger partial charge in [-0.25, -0.2) is 4.90 Å². The molecule has 23 heavy (non-hydrogen) atoms. The molecule has 0 aromatic carbocycles. The fraction of sp³-hybridized carbons (Fsp3) is 0.611. The average molecular weight is 319 g/mol. The number of β-lactam (4-membered cyclic amide) rings is 1. The first-order valence-corrected chi connectivity index (χ1v) is 8.20. The number of rotatable bonds is 4. The van der Waals surface area contributed by atoms with Crippen molar-refractivity contribution in [1.82, 2.24) is 4.90 Å². The maximum Gasteiger partial charge on any atom is 0.310 e. The quantitative estimate of drug-likeness (QED) is 0.346. The van der Waals surface area contributed by atoms with E-state index in [1.54, 1.807) is 6.08 Å². The van der Waals surface area contributed by atoms with E-state index in [0.717, 1.165) is 41.7 Å². The normalized spacial score (nSPS) is 20.8. The highest BCUT2D eigenvalue weighted by Crippen LogP contribution is 2.30. The fourth-order valence-electron chi connectivity index (χ4n) is 2.96. The van der Waals surface area contributed by atoms with Crippen molar-refractivity contribution in [3.05, 3.63) is 22.8 Å². The second kappa shape index (κ2) is 7.11. The van der Waals surface area contributed by atoms with E-state index in [-0.39, 0.29) is 30.1 Å². The molecule has 0 N–H and O–H groups in total. The maximum absolute atomic E-state index is 12.6. The molecular weight excluding hydrogens is 294 g/mol. The molecule has 0 spiro atoms. The third-order valence-electron chi connectivity index (χ3n) is 4.27. The van der Waals surface area contributed by atoms with Gasteiger partial charge in [0.25, 0.3) is 5.91 Å². The van der Waals surface area contributed by atoms with Gasteiger partial charge in [0.1, 0.15) is 0 Å². The Labute approximate surface area is 137 Å². The topological polar surface area (TPSA) is 63.7 Å². The molecular formula is C18H25NO4. The molecule has 1 aliphatic carbocycles. The molecule has 126 valence electrons. The number of amides is 2. The molecule has 1 aliphatic heterocycles. The van der Waals surface area contributed by atoms with Crippen molar-refractivity contribution in [2.24, 2.45) is 5.92 Å². The molecule has 1 atom stereocenters. The predicted molar refractivity (Wildman–Crippen MR) is 86.1 cm³/mol. The van der Waals surface area contributed by atoms with Gasteiger partial charge in [0.05, 0.1) is 12.3 Å². The van der Waals surface area contributed by atoms with Crippen LogP contribution in [0.2, 0.25) is 0 Å². The summed E-state index contributed by atoms with van der Waals surface area (Å²) in [5.74, 6) is -1.03. The molecule has 5 nitrogen and oxygen atoms in total. The first-order chi connectivity index (χ1) is 10.8. The van der Waals surface area contributed by atoms with Crippen molar-refractivity contribution in [3.63, 3.8) is 0 Å². The molecule has 2 fully saturated rings. The minimum Gasteiger partial charge on any atom is -0.440 e. The van der Waals surface area contributed by atoms with Gasteiger partial charge in [-0.3, -0.25) is 14.4 Å². The first-order valence-electron chi connectivity index (χ1n) is 8.20.